The number of benzene rings is 3. The van der Waals surface area contributed by atoms with E-state index in [9.17, 15) is 5.11 Å². The smallest absolute Gasteiger partial charge is 0.118 e. The van der Waals surface area contributed by atoms with Crippen LogP contribution >= 0.6 is 0 Å². The van der Waals surface area contributed by atoms with Gasteiger partial charge in [-0.15, -0.1) is 0 Å². The summed E-state index contributed by atoms with van der Waals surface area (Å²) >= 11 is 0. The summed E-state index contributed by atoms with van der Waals surface area (Å²) in [6.07, 6.45) is -0.516. The lowest BCUT2D eigenvalue weighted by Gasteiger charge is -2.24. The SMILES string of the molecule is CC.CC.COc1ccc(CNCC(O)C(c2ccccc2)c2ccccc2)cc1. The van der Waals surface area contributed by atoms with Crippen LogP contribution in [0.3, 0.4) is 0 Å². The molecule has 162 valence electrons. The summed E-state index contributed by atoms with van der Waals surface area (Å²) in [5.41, 5.74) is 3.41. The van der Waals surface area contributed by atoms with E-state index < -0.39 is 6.10 Å². The second-order valence-electron chi connectivity index (χ2n) is 6.35. The van der Waals surface area contributed by atoms with E-state index in [-0.39, 0.29) is 5.92 Å². The molecule has 30 heavy (non-hydrogen) atoms. The third-order valence-corrected chi connectivity index (χ3v) is 4.54. The monoisotopic (exact) mass is 407 g/mol. The van der Waals surface area contributed by atoms with Gasteiger partial charge in [-0.1, -0.05) is 100 Å². The van der Waals surface area contributed by atoms with Gasteiger partial charge in [0, 0.05) is 19.0 Å². The molecule has 0 aliphatic heterocycles. The van der Waals surface area contributed by atoms with Crippen molar-refractivity contribution in [2.75, 3.05) is 13.7 Å². The molecule has 1 unspecified atom stereocenters. The van der Waals surface area contributed by atoms with Gasteiger partial charge in [-0.25, -0.2) is 0 Å². The maximum absolute atomic E-state index is 10.9. The zero-order valence-electron chi connectivity index (χ0n) is 19.0. The minimum atomic E-state index is -0.516. The van der Waals surface area contributed by atoms with Crippen molar-refractivity contribution in [1.29, 1.82) is 0 Å². The lowest BCUT2D eigenvalue weighted by Crippen LogP contribution is -2.32. The molecule has 0 amide bonds. The second kappa shape index (κ2) is 15.3. The quantitative estimate of drug-likeness (QED) is 0.479. The number of methoxy groups -OCH3 is 1. The van der Waals surface area contributed by atoms with E-state index in [1.807, 2.05) is 88.4 Å². The Balaban J connectivity index is 0.00000106. The van der Waals surface area contributed by atoms with Crippen molar-refractivity contribution in [3.8, 4) is 5.75 Å². The Morgan fingerprint density at radius 3 is 1.63 bits per heavy atom. The summed E-state index contributed by atoms with van der Waals surface area (Å²) in [7, 11) is 1.66. The second-order valence-corrected chi connectivity index (χ2v) is 6.35. The van der Waals surface area contributed by atoms with Crippen LogP contribution in [0.25, 0.3) is 0 Å². The number of ether oxygens (including phenoxy) is 1. The molecular formula is C27H37NO2. The van der Waals surface area contributed by atoms with Crippen LogP contribution in [0.15, 0.2) is 84.9 Å². The van der Waals surface area contributed by atoms with E-state index in [0.717, 1.165) is 22.4 Å². The Labute approximate surface area is 182 Å². The van der Waals surface area contributed by atoms with Crippen molar-refractivity contribution in [2.24, 2.45) is 0 Å². The molecule has 3 aromatic carbocycles. The van der Waals surface area contributed by atoms with Gasteiger partial charge in [0.2, 0.25) is 0 Å². The Bertz CT molecular complexity index is 733. The molecule has 0 bridgehead atoms. The van der Waals surface area contributed by atoms with Crippen molar-refractivity contribution < 1.29 is 9.84 Å². The minimum Gasteiger partial charge on any atom is -0.497 e. The zero-order valence-corrected chi connectivity index (χ0v) is 19.0. The van der Waals surface area contributed by atoms with Gasteiger partial charge in [-0.05, 0) is 28.8 Å². The molecule has 2 N–H and O–H groups in total. The van der Waals surface area contributed by atoms with Crippen molar-refractivity contribution in [3.05, 3.63) is 102 Å². The summed E-state index contributed by atoms with van der Waals surface area (Å²) < 4.78 is 5.18. The first-order chi connectivity index (χ1) is 14.8. The molecule has 3 nitrogen and oxygen atoms in total. The zero-order chi connectivity index (χ0) is 22.2. The maximum Gasteiger partial charge on any atom is 0.118 e. The van der Waals surface area contributed by atoms with E-state index in [4.69, 9.17) is 4.74 Å². The van der Waals surface area contributed by atoms with Gasteiger partial charge in [0.25, 0.3) is 0 Å². The first kappa shape index (κ1) is 25.4. The van der Waals surface area contributed by atoms with Gasteiger partial charge in [-0.3, -0.25) is 0 Å². The van der Waals surface area contributed by atoms with Gasteiger partial charge < -0.3 is 15.2 Å². The van der Waals surface area contributed by atoms with Crippen molar-refractivity contribution in [3.63, 3.8) is 0 Å². The standard InChI is InChI=1S/C23H25NO2.2C2H6/c1-26-21-14-12-18(13-15-21)16-24-17-22(25)23(19-8-4-2-5-9-19)20-10-6-3-7-11-20;2*1-2/h2-15,22-25H,16-17H2,1H3;2*1-2H3. The molecule has 0 saturated heterocycles. The Morgan fingerprint density at radius 2 is 1.20 bits per heavy atom. The molecule has 0 aliphatic carbocycles. The van der Waals surface area contributed by atoms with Crippen LogP contribution in [-0.2, 0) is 6.54 Å². The van der Waals surface area contributed by atoms with Gasteiger partial charge in [0.1, 0.15) is 5.75 Å². The molecule has 0 aromatic heterocycles. The largest absolute Gasteiger partial charge is 0.497 e. The van der Waals surface area contributed by atoms with Crippen LogP contribution in [-0.4, -0.2) is 24.9 Å². The fraction of sp³-hybridized carbons (Fsp3) is 0.333. The number of rotatable bonds is 8. The van der Waals surface area contributed by atoms with Gasteiger partial charge in [0.05, 0.1) is 13.2 Å². The average Bonchev–Trinajstić information content (AvgIpc) is 2.84. The number of aliphatic hydroxyl groups is 1. The molecule has 3 heteroatoms. The third-order valence-electron chi connectivity index (χ3n) is 4.54. The lowest BCUT2D eigenvalue weighted by molar-refractivity contribution is 0.153. The fourth-order valence-corrected chi connectivity index (χ4v) is 3.18. The highest BCUT2D eigenvalue weighted by Crippen LogP contribution is 2.27. The van der Waals surface area contributed by atoms with Gasteiger partial charge >= 0.3 is 0 Å². The summed E-state index contributed by atoms with van der Waals surface area (Å²) in [5, 5.41) is 14.3. The van der Waals surface area contributed by atoms with Crippen LogP contribution in [0, 0.1) is 0 Å². The first-order valence-corrected chi connectivity index (χ1v) is 10.9. The Morgan fingerprint density at radius 1 is 0.733 bits per heavy atom. The van der Waals surface area contributed by atoms with E-state index >= 15 is 0 Å². The van der Waals surface area contributed by atoms with Crippen molar-refractivity contribution >= 4 is 0 Å². The molecule has 0 heterocycles. The molecule has 0 radical (unpaired) electrons. The highest BCUT2D eigenvalue weighted by atomic mass is 16.5. The summed E-state index contributed by atoms with van der Waals surface area (Å²) in [4.78, 5) is 0. The molecule has 0 aliphatic rings. The summed E-state index contributed by atoms with van der Waals surface area (Å²) in [6.45, 7) is 9.22. The normalized spacial score (nSPS) is 10.9. The lowest BCUT2D eigenvalue weighted by atomic mass is 9.86. The van der Waals surface area contributed by atoms with Crippen LogP contribution < -0.4 is 10.1 Å². The highest BCUT2D eigenvalue weighted by molar-refractivity contribution is 5.34. The number of nitrogens with one attached hydrogen (secondary N) is 1. The van der Waals surface area contributed by atoms with Gasteiger partial charge in [0.15, 0.2) is 0 Å². The molecule has 3 rings (SSSR count). The van der Waals surface area contributed by atoms with E-state index in [2.05, 4.69) is 29.6 Å². The summed E-state index contributed by atoms with van der Waals surface area (Å²) in [6, 6.07) is 28.3. The molecule has 1 atom stereocenters. The fourth-order valence-electron chi connectivity index (χ4n) is 3.18. The maximum atomic E-state index is 10.9. The molecule has 0 spiro atoms. The van der Waals surface area contributed by atoms with Crippen LogP contribution in [0.5, 0.6) is 5.75 Å². The van der Waals surface area contributed by atoms with Crippen molar-refractivity contribution in [2.45, 2.75) is 46.3 Å². The Hall–Kier alpha value is -2.62. The number of hydrogen-bond donors (Lipinski definition) is 2. The van der Waals surface area contributed by atoms with E-state index in [0.29, 0.717) is 13.1 Å². The molecule has 3 aromatic rings. The Kier molecular flexibility index (Phi) is 12.9. The molecule has 0 saturated carbocycles. The number of aliphatic hydroxyl groups excluding tert-OH is 1. The molecular weight excluding hydrogens is 370 g/mol. The summed E-state index contributed by atoms with van der Waals surface area (Å²) in [5.74, 6) is 0.794. The van der Waals surface area contributed by atoms with E-state index in [1.165, 1.54) is 0 Å². The predicted octanol–water partition coefficient (Wildman–Crippen LogP) is 6.03. The third kappa shape index (κ3) is 8.02. The minimum absolute atomic E-state index is 0.0548. The van der Waals surface area contributed by atoms with E-state index in [1.54, 1.807) is 7.11 Å². The van der Waals surface area contributed by atoms with Crippen LogP contribution in [0.1, 0.15) is 50.3 Å². The van der Waals surface area contributed by atoms with Gasteiger partial charge in [-0.2, -0.15) is 0 Å². The first-order valence-electron chi connectivity index (χ1n) is 10.9. The van der Waals surface area contributed by atoms with Crippen LogP contribution in [0.2, 0.25) is 0 Å². The molecule has 0 fully saturated rings. The number of hydrogen-bond acceptors (Lipinski definition) is 3. The van der Waals surface area contributed by atoms with Crippen molar-refractivity contribution in [1.82, 2.24) is 5.32 Å². The topological polar surface area (TPSA) is 41.5 Å². The van der Waals surface area contributed by atoms with Crippen LogP contribution in [0.4, 0.5) is 0 Å². The predicted molar refractivity (Wildman–Crippen MR) is 128 cm³/mol. The average molecular weight is 408 g/mol. The highest BCUT2D eigenvalue weighted by Gasteiger charge is 2.22.